The molecular formula is C22H27N5O3. The quantitative estimate of drug-likeness (QED) is 0.662. The zero-order chi connectivity index (χ0) is 20.7. The fraction of sp³-hybridized carbons (Fsp3) is 0.500. The van der Waals surface area contributed by atoms with E-state index < -0.39 is 0 Å². The van der Waals surface area contributed by atoms with Crippen LogP contribution >= 0.6 is 0 Å². The molecule has 0 N–H and O–H groups in total. The first kappa shape index (κ1) is 19.3. The summed E-state index contributed by atoms with van der Waals surface area (Å²) in [5, 5.41) is 0. The highest BCUT2D eigenvalue weighted by molar-refractivity contribution is 6.00. The van der Waals surface area contributed by atoms with Gasteiger partial charge < -0.3 is 18.9 Å². The monoisotopic (exact) mass is 409 g/mol. The van der Waals surface area contributed by atoms with Gasteiger partial charge in [-0.2, -0.15) is 0 Å². The first-order chi connectivity index (χ1) is 14.6. The van der Waals surface area contributed by atoms with Gasteiger partial charge in [0.1, 0.15) is 5.69 Å². The van der Waals surface area contributed by atoms with Gasteiger partial charge in [-0.3, -0.25) is 9.20 Å². The highest BCUT2D eigenvalue weighted by Gasteiger charge is 2.30. The van der Waals surface area contributed by atoms with E-state index >= 15 is 0 Å². The third kappa shape index (κ3) is 3.61. The van der Waals surface area contributed by atoms with Crippen molar-refractivity contribution < 1.29 is 14.3 Å². The Morgan fingerprint density at radius 2 is 2.07 bits per heavy atom. The fourth-order valence-electron chi connectivity index (χ4n) is 4.47. The van der Waals surface area contributed by atoms with Gasteiger partial charge in [0.05, 0.1) is 30.2 Å². The zero-order valence-electron chi connectivity index (χ0n) is 17.4. The molecule has 3 aromatic heterocycles. The van der Waals surface area contributed by atoms with Crippen molar-refractivity contribution in [2.24, 2.45) is 0 Å². The number of hydrogen-bond donors (Lipinski definition) is 0. The summed E-state index contributed by atoms with van der Waals surface area (Å²) in [7, 11) is 0. The van der Waals surface area contributed by atoms with Gasteiger partial charge in [-0.05, 0) is 38.8 Å². The molecule has 8 nitrogen and oxygen atoms in total. The predicted molar refractivity (Wildman–Crippen MR) is 111 cm³/mol. The number of aromatic nitrogens is 4. The minimum absolute atomic E-state index is 0.0135. The first-order valence-electron chi connectivity index (χ1n) is 10.6. The molecule has 0 aliphatic carbocycles. The average Bonchev–Trinajstić information content (AvgIpc) is 3.47. The maximum atomic E-state index is 13.3. The standard InChI is InChI=1S/C22H27N5O3/c1-15-10-26(11-16(2)30-15)22(28)20-19-7-3-4-8-27(19)21(24-20)18-13-25(14-23-18)12-17-6-5-9-29-17/h3-4,7-8,13-17H,5-6,9-12H2,1-2H3. The molecule has 158 valence electrons. The van der Waals surface area contributed by atoms with Crippen LogP contribution in [0.5, 0.6) is 0 Å². The number of nitrogens with zero attached hydrogens (tertiary/aromatic N) is 5. The van der Waals surface area contributed by atoms with E-state index in [1.54, 1.807) is 0 Å². The lowest BCUT2D eigenvalue weighted by atomic mass is 10.2. The molecule has 3 unspecified atom stereocenters. The largest absolute Gasteiger partial charge is 0.376 e. The van der Waals surface area contributed by atoms with Gasteiger partial charge in [-0.1, -0.05) is 6.07 Å². The molecule has 0 aromatic carbocycles. The Morgan fingerprint density at radius 1 is 1.23 bits per heavy atom. The highest BCUT2D eigenvalue weighted by atomic mass is 16.5. The van der Waals surface area contributed by atoms with Crippen molar-refractivity contribution in [2.45, 2.75) is 51.5 Å². The molecule has 5 rings (SSSR count). The Balaban J connectivity index is 1.47. The van der Waals surface area contributed by atoms with Crippen LogP contribution in [0.4, 0.5) is 0 Å². The SMILES string of the molecule is CC1CN(C(=O)c2nc(-c3cn(CC4CCCO4)cn3)n3ccccc23)CC(C)O1. The van der Waals surface area contributed by atoms with Gasteiger partial charge in [0.2, 0.25) is 0 Å². The first-order valence-corrected chi connectivity index (χ1v) is 10.6. The molecular weight excluding hydrogens is 382 g/mol. The Labute approximate surface area is 175 Å². The van der Waals surface area contributed by atoms with Gasteiger partial charge in [-0.15, -0.1) is 0 Å². The fourth-order valence-corrected chi connectivity index (χ4v) is 4.47. The van der Waals surface area contributed by atoms with Crippen molar-refractivity contribution >= 4 is 11.4 Å². The van der Waals surface area contributed by atoms with Crippen LogP contribution in [0.1, 0.15) is 37.2 Å². The molecule has 30 heavy (non-hydrogen) atoms. The van der Waals surface area contributed by atoms with Gasteiger partial charge in [0.25, 0.3) is 5.91 Å². The van der Waals surface area contributed by atoms with Gasteiger partial charge in [0, 0.05) is 38.6 Å². The molecule has 0 saturated carbocycles. The Kier molecular flexibility index (Phi) is 5.04. The van der Waals surface area contributed by atoms with Crippen LogP contribution in [-0.2, 0) is 16.0 Å². The van der Waals surface area contributed by atoms with Crippen LogP contribution in [-0.4, -0.2) is 67.8 Å². The number of hydrogen-bond acceptors (Lipinski definition) is 5. The van der Waals surface area contributed by atoms with Crippen molar-refractivity contribution in [1.82, 2.24) is 23.8 Å². The lowest BCUT2D eigenvalue weighted by molar-refractivity contribution is -0.0586. The number of carbonyl (C=O) groups excluding carboxylic acids is 1. The van der Waals surface area contributed by atoms with Crippen LogP contribution in [0.2, 0.25) is 0 Å². The maximum Gasteiger partial charge on any atom is 0.274 e. The summed E-state index contributed by atoms with van der Waals surface area (Å²) in [6.07, 6.45) is 8.18. The number of ether oxygens (including phenoxy) is 2. The van der Waals surface area contributed by atoms with Gasteiger partial charge in [-0.25, -0.2) is 9.97 Å². The molecule has 2 aliphatic rings. The number of imidazole rings is 2. The van der Waals surface area contributed by atoms with Crippen LogP contribution in [0.3, 0.4) is 0 Å². The molecule has 5 heterocycles. The molecule has 3 aromatic rings. The van der Waals surface area contributed by atoms with Crippen molar-refractivity contribution in [1.29, 1.82) is 0 Å². The predicted octanol–water partition coefficient (Wildman–Crippen LogP) is 2.63. The molecule has 2 fully saturated rings. The second-order valence-corrected chi connectivity index (χ2v) is 8.30. The normalized spacial score (nSPS) is 24.6. The van der Waals surface area contributed by atoms with Crippen molar-refractivity contribution in [2.75, 3.05) is 19.7 Å². The van der Waals surface area contributed by atoms with E-state index in [4.69, 9.17) is 14.5 Å². The number of morpholine rings is 1. The second kappa shape index (κ2) is 7.85. The molecule has 0 radical (unpaired) electrons. The lowest BCUT2D eigenvalue weighted by Gasteiger charge is -2.35. The smallest absolute Gasteiger partial charge is 0.274 e. The minimum atomic E-state index is -0.0641. The summed E-state index contributed by atoms with van der Waals surface area (Å²) in [4.78, 5) is 24.5. The second-order valence-electron chi connectivity index (χ2n) is 8.30. The van der Waals surface area contributed by atoms with Crippen LogP contribution in [0, 0.1) is 0 Å². The number of fused-ring (bicyclic) bond motifs is 1. The Bertz CT molecular complexity index is 1040. The van der Waals surface area contributed by atoms with E-state index in [0.29, 0.717) is 24.6 Å². The molecule has 1 amide bonds. The molecule has 2 saturated heterocycles. The third-order valence-electron chi connectivity index (χ3n) is 5.76. The number of amides is 1. The maximum absolute atomic E-state index is 13.3. The minimum Gasteiger partial charge on any atom is -0.376 e. The van der Waals surface area contributed by atoms with Crippen molar-refractivity contribution in [3.63, 3.8) is 0 Å². The summed E-state index contributed by atoms with van der Waals surface area (Å²) >= 11 is 0. The molecule has 0 spiro atoms. The summed E-state index contributed by atoms with van der Waals surface area (Å²) in [6.45, 7) is 6.74. The van der Waals surface area contributed by atoms with Crippen molar-refractivity contribution in [3.8, 4) is 11.5 Å². The highest BCUT2D eigenvalue weighted by Crippen LogP contribution is 2.24. The summed E-state index contributed by atoms with van der Waals surface area (Å²) < 4.78 is 15.5. The van der Waals surface area contributed by atoms with Crippen LogP contribution in [0.25, 0.3) is 17.0 Å². The van der Waals surface area contributed by atoms with Crippen molar-refractivity contribution in [3.05, 3.63) is 42.6 Å². The Hall–Kier alpha value is -2.71. The molecule has 8 heteroatoms. The van der Waals surface area contributed by atoms with E-state index in [2.05, 4.69) is 4.98 Å². The van der Waals surface area contributed by atoms with E-state index in [-0.39, 0.29) is 24.2 Å². The molecule has 2 aliphatic heterocycles. The number of carbonyl (C=O) groups is 1. The summed E-state index contributed by atoms with van der Waals surface area (Å²) in [5.41, 5.74) is 2.00. The zero-order valence-corrected chi connectivity index (χ0v) is 17.4. The molecule has 3 atom stereocenters. The Morgan fingerprint density at radius 3 is 2.83 bits per heavy atom. The molecule has 0 bridgehead atoms. The number of pyridine rings is 1. The van der Waals surface area contributed by atoms with E-state index in [0.717, 1.165) is 37.2 Å². The number of rotatable bonds is 4. The topological polar surface area (TPSA) is 73.9 Å². The van der Waals surface area contributed by atoms with Gasteiger partial charge in [0.15, 0.2) is 11.5 Å². The third-order valence-corrected chi connectivity index (χ3v) is 5.76. The summed E-state index contributed by atoms with van der Waals surface area (Å²) in [5.74, 6) is 0.611. The van der Waals surface area contributed by atoms with Crippen LogP contribution in [0.15, 0.2) is 36.9 Å². The lowest BCUT2D eigenvalue weighted by Crippen LogP contribution is -2.48. The van der Waals surface area contributed by atoms with E-state index in [9.17, 15) is 4.79 Å². The average molecular weight is 409 g/mol. The summed E-state index contributed by atoms with van der Waals surface area (Å²) in [6, 6.07) is 5.80. The van der Waals surface area contributed by atoms with Gasteiger partial charge >= 0.3 is 0 Å². The van der Waals surface area contributed by atoms with E-state index in [1.165, 1.54) is 0 Å². The van der Waals surface area contributed by atoms with Crippen LogP contribution < -0.4 is 0 Å². The van der Waals surface area contributed by atoms with E-state index in [1.807, 2.05) is 64.6 Å².